The van der Waals surface area contributed by atoms with E-state index in [1.165, 1.54) is 0 Å². The minimum atomic E-state index is -0.344. The summed E-state index contributed by atoms with van der Waals surface area (Å²) in [6.45, 7) is 2.12. The Morgan fingerprint density at radius 2 is 1.88 bits per heavy atom. The van der Waals surface area contributed by atoms with Gasteiger partial charge in [-0.25, -0.2) is 4.79 Å². The lowest BCUT2D eigenvalue weighted by molar-refractivity contribution is 0.0526. The van der Waals surface area contributed by atoms with Gasteiger partial charge in [0.15, 0.2) is 0 Å². The van der Waals surface area contributed by atoms with E-state index in [2.05, 4.69) is 10.5 Å². The van der Waals surface area contributed by atoms with Gasteiger partial charge < -0.3 is 4.74 Å². The lowest BCUT2D eigenvalue weighted by Crippen LogP contribution is -2.18. The Balaban J connectivity index is 1.73. The SMILES string of the molecule is CCOC(=O)c1ccc(N/N=C2/C=Cc3ccccc3C2=N)cc1. The summed E-state index contributed by atoms with van der Waals surface area (Å²) in [6.07, 6.45) is 3.75. The molecular formula is C19H17N3O2. The molecule has 0 radical (unpaired) electrons. The van der Waals surface area contributed by atoms with E-state index < -0.39 is 0 Å². The van der Waals surface area contributed by atoms with Gasteiger partial charge in [0, 0.05) is 5.56 Å². The van der Waals surface area contributed by atoms with Crippen LogP contribution in [0.3, 0.4) is 0 Å². The number of fused-ring (bicyclic) bond motifs is 1. The highest BCUT2D eigenvalue weighted by molar-refractivity contribution is 6.53. The van der Waals surface area contributed by atoms with Gasteiger partial charge in [0.25, 0.3) is 0 Å². The molecule has 0 bridgehead atoms. The Bertz CT molecular complexity index is 836. The molecule has 24 heavy (non-hydrogen) atoms. The van der Waals surface area contributed by atoms with E-state index >= 15 is 0 Å². The summed E-state index contributed by atoms with van der Waals surface area (Å²) in [5, 5.41) is 12.5. The first-order chi connectivity index (χ1) is 11.7. The van der Waals surface area contributed by atoms with E-state index in [-0.39, 0.29) is 5.97 Å². The molecule has 1 aliphatic carbocycles. The van der Waals surface area contributed by atoms with Crippen molar-refractivity contribution in [2.24, 2.45) is 5.10 Å². The summed E-state index contributed by atoms with van der Waals surface area (Å²) < 4.78 is 4.95. The largest absolute Gasteiger partial charge is 0.462 e. The van der Waals surface area contributed by atoms with Gasteiger partial charge in [0.1, 0.15) is 5.71 Å². The molecule has 0 heterocycles. The van der Waals surface area contributed by atoms with Gasteiger partial charge in [0.2, 0.25) is 0 Å². The third-order valence-corrected chi connectivity index (χ3v) is 3.61. The smallest absolute Gasteiger partial charge is 0.338 e. The highest BCUT2D eigenvalue weighted by Crippen LogP contribution is 2.18. The zero-order valence-electron chi connectivity index (χ0n) is 13.2. The van der Waals surface area contributed by atoms with Crippen molar-refractivity contribution in [2.75, 3.05) is 12.0 Å². The predicted molar refractivity (Wildman–Crippen MR) is 95.8 cm³/mol. The molecule has 1 aliphatic rings. The minimum Gasteiger partial charge on any atom is -0.462 e. The Hall–Kier alpha value is -3.21. The standard InChI is InChI=1S/C19H17N3O2/c1-2-24-19(23)14-7-10-15(11-8-14)21-22-17-12-9-13-5-3-4-6-16(13)18(17)20/h3-12,20-21H,2H2,1H3/b20-18?,22-17-. The van der Waals surface area contributed by atoms with Gasteiger partial charge in [0.05, 0.1) is 23.6 Å². The molecule has 2 N–H and O–H groups in total. The number of nitrogens with one attached hydrogen (secondary N) is 2. The van der Waals surface area contributed by atoms with E-state index in [0.29, 0.717) is 23.6 Å². The Morgan fingerprint density at radius 3 is 2.62 bits per heavy atom. The topological polar surface area (TPSA) is 74.5 Å². The van der Waals surface area contributed by atoms with Gasteiger partial charge in [-0.3, -0.25) is 10.8 Å². The molecular weight excluding hydrogens is 302 g/mol. The zero-order valence-corrected chi connectivity index (χ0v) is 13.2. The molecule has 5 heteroatoms. The quantitative estimate of drug-likeness (QED) is 0.666. The molecule has 2 aromatic rings. The number of carbonyl (C=O) groups is 1. The van der Waals surface area contributed by atoms with Gasteiger partial charge in [-0.1, -0.05) is 30.3 Å². The monoisotopic (exact) mass is 319 g/mol. The molecule has 0 amide bonds. The molecule has 0 unspecified atom stereocenters. The summed E-state index contributed by atoms with van der Waals surface area (Å²) in [5.41, 5.74) is 6.95. The summed E-state index contributed by atoms with van der Waals surface area (Å²) in [4.78, 5) is 11.6. The first-order valence-electron chi connectivity index (χ1n) is 7.66. The van der Waals surface area contributed by atoms with E-state index in [1.807, 2.05) is 36.4 Å². The van der Waals surface area contributed by atoms with Crippen LogP contribution in [0.4, 0.5) is 5.69 Å². The summed E-state index contributed by atoms with van der Waals surface area (Å²) in [7, 11) is 0. The van der Waals surface area contributed by atoms with Crippen LogP contribution in [-0.2, 0) is 4.74 Å². The van der Waals surface area contributed by atoms with Gasteiger partial charge in [-0.15, -0.1) is 0 Å². The second kappa shape index (κ2) is 6.91. The maximum Gasteiger partial charge on any atom is 0.338 e. The average molecular weight is 319 g/mol. The maximum atomic E-state index is 11.6. The van der Waals surface area contributed by atoms with Crippen molar-refractivity contribution in [1.82, 2.24) is 0 Å². The second-order valence-electron chi connectivity index (χ2n) is 5.20. The number of hydrogen-bond acceptors (Lipinski definition) is 5. The number of nitrogens with zero attached hydrogens (tertiary/aromatic N) is 1. The van der Waals surface area contributed by atoms with Crippen molar-refractivity contribution in [1.29, 1.82) is 5.41 Å². The van der Waals surface area contributed by atoms with Crippen LogP contribution in [0.1, 0.15) is 28.4 Å². The summed E-state index contributed by atoms with van der Waals surface area (Å²) >= 11 is 0. The molecule has 120 valence electrons. The highest BCUT2D eigenvalue weighted by atomic mass is 16.5. The van der Waals surface area contributed by atoms with Crippen molar-refractivity contribution >= 4 is 29.2 Å². The van der Waals surface area contributed by atoms with E-state index in [4.69, 9.17) is 10.1 Å². The Labute approximate surface area is 140 Å². The molecule has 0 atom stereocenters. The van der Waals surface area contributed by atoms with Crippen molar-refractivity contribution in [3.8, 4) is 0 Å². The van der Waals surface area contributed by atoms with Crippen LogP contribution in [0, 0.1) is 5.41 Å². The molecule has 2 aromatic carbocycles. The number of ether oxygens (including phenoxy) is 1. The lowest BCUT2D eigenvalue weighted by atomic mass is 9.94. The highest BCUT2D eigenvalue weighted by Gasteiger charge is 2.15. The fourth-order valence-electron chi connectivity index (χ4n) is 2.37. The zero-order chi connectivity index (χ0) is 16.9. The van der Waals surface area contributed by atoms with Crippen LogP contribution in [0.15, 0.2) is 59.7 Å². The van der Waals surface area contributed by atoms with Crippen LogP contribution in [0.25, 0.3) is 6.08 Å². The van der Waals surface area contributed by atoms with Crippen LogP contribution in [0.2, 0.25) is 0 Å². The van der Waals surface area contributed by atoms with E-state index in [1.54, 1.807) is 31.2 Å². The Morgan fingerprint density at radius 1 is 1.12 bits per heavy atom. The second-order valence-corrected chi connectivity index (χ2v) is 5.20. The van der Waals surface area contributed by atoms with Crippen molar-refractivity contribution in [3.05, 3.63) is 71.3 Å². The summed E-state index contributed by atoms with van der Waals surface area (Å²) in [6, 6.07) is 14.6. The third-order valence-electron chi connectivity index (χ3n) is 3.61. The maximum absolute atomic E-state index is 11.6. The molecule has 5 nitrogen and oxygen atoms in total. The van der Waals surface area contributed by atoms with Crippen molar-refractivity contribution in [3.63, 3.8) is 0 Å². The summed E-state index contributed by atoms with van der Waals surface area (Å²) in [5.74, 6) is -0.344. The van der Waals surface area contributed by atoms with Crippen LogP contribution in [-0.4, -0.2) is 24.0 Å². The van der Waals surface area contributed by atoms with Crippen molar-refractivity contribution < 1.29 is 9.53 Å². The van der Waals surface area contributed by atoms with Crippen LogP contribution < -0.4 is 5.43 Å². The number of benzene rings is 2. The first-order valence-corrected chi connectivity index (χ1v) is 7.66. The fraction of sp³-hybridized carbons (Fsp3) is 0.105. The number of carbonyl (C=O) groups excluding carboxylic acids is 1. The van der Waals surface area contributed by atoms with Gasteiger partial charge in [-0.05, 0) is 42.8 Å². The molecule has 0 saturated heterocycles. The number of hydrazone groups is 1. The van der Waals surface area contributed by atoms with E-state index in [9.17, 15) is 4.79 Å². The third kappa shape index (κ3) is 3.25. The minimum absolute atomic E-state index is 0.344. The van der Waals surface area contributed by atoms with E-state index in [0.717, 1.165) is 16.8 Å². The molecule has 0 aliphatic heterocycles. The average Bonchev–Trinajstić information content (AvgIpc) is 2.62. The van der Waals surface area contributed by atoms with Crippen molar-refractivity contribution in [2.45, 2.75) is 6.92 Å². The molecule has 0 saturated carbocycles. The number of anilines is 1. The fourth-order valence-corrected chi connectivity index (χ4v) is 2.37. The van der Waals surface area contributed by atoms with Crippen LogP contribution in [0.5, 0.6) is 0 Å². The molecule has 0 aromatic heterocycles. The molecule has 3 rings (SSSR count). The number of allylic oxidation sites excluding steroid dienone is 1. The predicted octanol–water partition coefficient (Wildman–Crippen LogP) is 3.73. The number of hydrogen-bond donors (Lipinski definition) is 2. The molecule has 0 spiro atoms. The number of esters is 1. The van der Waals surface area contributed by atoms with Gasteiger partial charge in [-0.2, -0.15) is 5.10 Å². The molecule has 0 fully saturated rings. The van der Waals surface area contributed by atoms with Crippen LogP contribution >= 0.6 is 0 Å². The normalized spacial score (nSPS) is 14.4. The lowest BCUT2D eigenvalue weighted by Gasteiger charge is -2.13. The number of rotatable bonds is 4. The first kappa shape index (κ1) is 15.7. The van der Waals surface area contributed by atoms with Gasteiger partial charge >= 0.3 is 5.97 Å². The Kier molecular flexibility index (Phi) is 4.52.